The predicted molar refractivity (Wildman–Crippen MR) is 121 cm³/mol. The molecular formula is C24H21F3N6O. The number of nitrogens with two attached hydrogens (primary N) is 1. The molecule has 174 valence electrons. The van der Waals surface area contributed by atoms with Gasteiger partial charge in [0, 0.05) is 30.2 Å². The SMILES string of the molecule is Nc1cnc(C#Cc2cncc(C(=O)Nc3ccc(CN4CCCC4)c(C(F)(F)F)c3)c2)cn1. The summed E-state index contributed by atoms with van der Waals surface area (Å²) in [7, 11) is 0. The van der Waals surface area contributed by atoms with Crippen LogP contribution in [0.2, 0.25) is 0 Å². The number of benzene rings is 1. The van der Waals surface area contributed by atoms with E-state index in [0.717, 1.165) is 32.0 Å². The van der Waals surface area contributed by atoms with E-state index >= 15 is 0 Å². The van der Waals surface area contributed by atoms with Gasteiger partial charge in [-0.05, 0) is 55.6 Å². The van der Waals surface area contributed by atoms with Crippen LogP contribution in [0.1, 0.15) is 45.6 Å². The number of carbonyl (C=O) groups is 1. The molecule has 3 heterocycles. The Kier molecular flexibility index (Phi) is 6.75. The molecule has 0 spiro atoms. The highest BCUT2D eigenvalue weighted by Crippen LogP contribution is 2.35. The van der Waals surface area contributed by atoms with Crippen molar-refractivity contribution in [3.63, 3.8) is 0 Å². The number of alkyl halides is 3. The molecule has 3 N–H and O–H groups in total. The van der Waals surface area contributed by atoms with E-state index in [2.05, 4.69) is 32.1 Å². The van der Waals surface area contributed by atoms with Crippen LogP contribution in [0.4, 0.5) is 24.7 Å². The van der Waals surface area contributed by atoms with E-state index in [1.165, 1.54) is 43.0 Å². The number of halogens is 3. The van der Waals surface area contributed by atoms with Gasteiger partial charge in [0.15, 0.2) is 0 Å². The monoisotopic (exact) mass is 466 g/mol. The van der Waals surface area contributed by atoms with E-state index in [1.807, 2.05) is 4.90 Å². The normalized spacial score (nSPS) is 13.9. The predicted octanol–water partition coefficient (Wildman–Crippen LogP) is 3.72. The van der Waals surface area contributed by atoms with Gasteiger partial charge < -0.3 is 11.1 Å². The number of nitrogen functional groups attached to an aromatic ring is 1. The smallest absolute Gasteiger partial charge is 0.382 e. The molecule has 2 aromatic heterocycles. The third-order valence-corrected chi connectivity index (χ3v) is 5.27. The Balaban J connectivity index is 1.51. The van der Waals surface area contributed by atoms with Crippen molar-refractivity contribution in [2.75, 3.05) is 24.1 Å². The molecule has 0 saturated carbocycles. The lowest BCUT2D eigenvalue weighted by Crippen LogP contribution is -2.21. The summed E-state index contributed by atoms with van der Waals surface area (Å²) in [5.41, 5.74) is 5.96. The van der Waals surface area contributed by atoms with E-state index < -0.39 is 17.6 Å². The van der Waals surface area contributed by atoms with Crippen LogP contribution in [0.25, 0.3) is 0 Å². The number of pyridine rings is 1. The molecule has 0 atom stereocenters. The van der Waals surface area contributed by atoms with E-state index in [4.69, 9.17) is 5.73 Å². The first-order valence-corrected chi connectivity index (χ1v) is 10.6. The molecule has 1 aliphatic rings. The quantitative estimate of drug-likeness (QED) is 0.569. The van der Waals surface area contributed by atoms with Crippen LogP contribution in [-0.2, 0) is 12.7 Å². The first-order valence-electron chi connectivity index (χ1n) is 10.6. The number of hydrogen-bond acceptors (Lipinski definition) is 6. The second-order valence-corrected chi connectivity index (χ2v) is 7.85. The standard InChI is InChI=1S/C24H21F3N6O/c25-24(26,27)21-10-19(6-4-17(21)15-33-7-1-2-8-33)32-23(34)18-9-16(11-29-12-18)3-5-20-13-31-22(28)14-30-20/h4,6,9-14H,1-2,7-8,15H2,(H2,28,31)(H,32,34). The van der Waals surface area contributed by atoms with Crippen molar-refractivity contribution < 1.29 is 18.0 Å². The number of amides is 1. The second-order valence-electron chi connectivity index (χ2n) is 7.85. The molecule has 0 aliphatic carbocycles. The van der Waals surface area contributed by atoms with Gasteiger partial charge in [0.05, 0.1) is 23.5 Å². The molecular weight excluding hydrogens is 445 g/mol. The van der Waals surface area contributed by atoms with Gasteiger partial charge in [0.1, 0.15) is 11.5 Å². The lowest BCUT2D eigenvalue weighted by Gasteiger charge is -2.20. The molecule has 1 aromatic carbocycles. The summed E-state index contributed by atoms with van der Waals surface area (Å²) >= 11 is 0. The summed E-state index contributed by atoms with van der Waals surface area (Å²) < 4.78 is 41.1. The van der Waals surface area contributed by atoms with Crippen LogP contribution in [0.5, 0.6) is 0 Å². The maximum Gasteiger partial charge on any atom is 0.416 e. The Morgan fingerprint density at radius 1 is 1.06 bits per heavy atom. The van der Waals surface area contributed by atoms with Gasteiger partial charge in [-0.15, -0.1) is 0 Å². The van der Waals surface area contributed by atoms with Crippen LogP contribution < -0.4 is 11.1 Å². The van der Waals surface area contributed by atoms with Crippen molar-refractivity contribution in [2.45, 2.75) is 25.6 Å². The molecule has 0 bridgehead atoms. The van der Waals surface area contributed by atoms with Gasteiger partial charge in [-0.2, -0.15) is 13.2 Å². The molecule has 1 saturated heterocycles. The fourth-order valence-electron chi connectivity index (χ4n) is 3.61. The van der Waals surface area contributed by atoms with Crippen LogP contribution in [-0.4, -0.2) is 38.8 Å². The maximum absolute atomic E-state index is 13.7. The topological polar surface area (TPSA) is 97.0 Å². The Morgan fingerprint density at radius 2 is 1.85 bits per heavy atom. The molecule has 7 nitrogen and oxygen atoms in total. The van der Waals surface area contributed by atoms with E-state index in [0.29, 0.717) is 11.3 Å². The van der Waals surface area contributed by atoms with Crippen molar-refractivity contribution in [1.82, 2.24) is 19.9 Å². The number of likely N-dealkylation sites (tertiary alicyclic amines) is 1. The zero-order valence-electron chi connectivity index (χ0n) is 18.1. The summed E-state index contributed by atoms with van der Waals surface area (Å²) in [5.74, 6) is 5.28. The van der Waals surface area contributed by atoms with Crippen LogP contribution >= 0.6 is 0 Å². The van der Waals surface area contributed by atoms with Crippen LogP contribution in [0.15, 0.2) is 49.1 Å². The highest BCUT2D eigenvalue weighted by molar-refractivity contribution is 6.04. The lowest BCUT2D eigenvalue weighted by atomic mass is 10.0. The van der Waals surface area contributed by atoms with Gasteiger partial charge in [-0.3, -0.25) is 14.7 Å². The molecule has 34 heavy (non-hydrogen) atoms. The van der Waals surface area contributed by atoms with E-state index in [1.54, 1.807) is 0 Å². The zero-order valence-corrected chi connectivity index (χ0v) is 18.1. The summed E-state index contributed by atoms with van der Waals surface area (Å²) in [6.07, 6.45) is 3.01. The maximum atomic E-state index is 13.7. The van der Waals surface area contributed by atoms with Crippen molar-refractivity contribution in [3.8, 4) is 11.8 Å². The van der Waals surface area contributed by atoms with Gasteiger partial charge in [-0.1, -0.05) is 12.0 Å². The molecule has 1 amide bonds. The van der Waals surface area contributed by atoms with Gasteiger partial charge in [0.25, 0.3) is 5.91 Å². The number of hydrogen-bond donors (Lipinski definition) is 2. The van der Waals surface area contributed by atoms with Crippen molar-refractivity contribution in [1.29, 1.82) is 0 Å². The first kappa shape index (κ1) is 23.2. The van der Waals surface area contributed by atoms with E-state index in [9.17, 15) is 18.0 Å². The highest BCUT2D eigenvalue weighted by atomic mass is 19.4. The summed E-state index contributed by atoms with van der Waals surface area (Å²) in [5, 5.41) is 2.52. The number of anilines is 2. The van der Waals surface area contributed by atoms with Crippen molar-refractivity contribution in [3.05, 3.63) is 77.0 Å². The number of rotatable bonds is 4. The lowest BCUT2D eigenvalue weighted by molar-refractivity contribution is -0.138. The summed E-state index contributed by atoms with van der Waals surface area (Å²) in [6.45, 7) is 1.80. The number of carbonyl (C=O) groups excluding carboxylic acids is 1. The summed E-state index contributed by atoms with van der Waals surface area (Å²) in [6, 6.07) is 5.37. The Bertz CT molecular complexity index is 1240. The van der Waals surface area contributed by atoms with Crippen LogP contribution in [0, 0.1) is 11.8 Å². The number of aromatic nitrogens is 3. The van der Waals surface area contributed by atoms with Gasteiger partial charge >= 0.3 is 6.18 Å². The van der Waals surface area contributed by atoms with Crippen molar-refractivity contribution in [2.24, 2.45) is 0 Å². The molecule has 1 fully saturated rings. The number of nitrogens with one attached hydrogen (secondary N) is 1. The molecule has 1 aliphatic heterocycles. The second kappa shape index (κ2) is 9.89. The Morgan fingerprint density at radius 3 is 2.56 bits per heavy atom. The fourth-order valence-corrected chi connectivity index (χ4v) is 3.61. The average molecular weight is 466 g/mol. The van der Waals surface area contributed by atoms with Crippen molar-refractivity contribution >= 4 is 17.4 Å². The van der Waals surface area contributed by atoms with Gasteiger partial charge in [-0.25, -0.2) is 9.97 Å². The summed E-state index contributed by atoms with van der Waals surface area (Å²) in [4.78, 5) is 26.6. The number of nitrogens with zero attached hydrogens (tertiary/aromatic N) is 4. The average Bonchev–Trinajstić information content (AvgIpc) is 3.32. The fraction of sp³-hybridized carbons (Fsp3) is 0.250. The zero-order chi connectivity index (χ0) is 24.1. The minimum absolute atomic E-state index is 0.0520. The highest BCUT2D eigenvalue weighted by Gasteiger charge is 2.34. The Labute approximate surface area is 194 Å². The van der Waals surface area contributed by atoms with Crippen LogP contribution in [0.3, 0.4) is 0 Å². The molecule has 10 heteroatoms. The third-order valence-electron chi connectivity index (χ3n) is 5.27. The first-order chi connectivity index (χ1) is 16.3. The molecule has 4 rings (SSSR count). The molecule has 3 aromatic rings. The largest absolute Gasteiger partial charge is 0.416 e. The van der Waals surface area contributed by atoms with Gasteiger partial charge in [0.2, 0.25) is 0 Å². The molecule has 0 radical (unpaired) electrons. The molecule has 0 unspecified atom stereocenters. The Hall–Kier alpha value is -3.97. The minimum atomic E-state index is -4.53. The minimum Gasteiger partial charge on any atom is -0.382 e. The van der Waals surface area contributed by atoms with E-state index in [-0.39, 0.29) is 29.2 Å². The third kappa shape index (κ3) is 5.88.